The largest absolute Gasteiger partial charge is 0.416 e. The monoisotopic (exact) mass is 421 g/mol. The van der Waals surface area contributed by atoms with Gasteiger partial charge >= 0.3 is 6.18 Å². The van der Waals surface area contributed by atoms with Crippen molar-refractivity contribution in [2.75, 3.05) is 10.8 Å². The van der Waals surface area contributed by atoms with Gasteiger partial charge in [-0.25, -0.2) is 8.78 Å². The molecule has 1 nitrogen and oxygen atoms in total. The van der Waals surface area contributed by atoms with Gasteiger partial charge in [0, 0.05) is 17.0 Å². The molecule has 0 atom stereocenters. The minimum absolute atomic E-state index is 0.155. The van der Waals surface area contributed by atoms with Gasteiger partial charge in [0.2, 0.25) is 0 Å². The molecule has 0 amide bonds. The molecule has 3 aromatic carbocycles. The number of fused-ring (bicyclic) bond motifs is 1. The number of hydrogen-bond acceptors (Lipinski definition) is 2. The number of rotatable bonds is 3. The summed E-state index contributed by atoms with van der Waals surface area (Å²) in [6.07, 6.45) is -2.73. The second-order valence-corrected chi connectivity index (χ2v) is 7.88. The molecule has 0 saturated heterocycles. The summed E-state index contributed by atoms with van der Waals surface area (Å²) in [7, 11) is 0. The maximum atomic E-state index is 14.2. The van der Waals surface area contributed by atoms with Crippen LogP contribution in [0.5, 0.6) is 0 Å². The van der Waals surface area contributed by atoms with Crippen molar-refractivity contribution < 1.29 is 22.0 Å². The number of aryl methyl sites for hydroxylation is 1. The molecular weight excluding hydrogens is 405 g/mol. The van der Waals surface area contributed by atoms with Gasteiger partial charge in [0.15, 0.2) is 0 Å². The first-order chi connectivity index (χ1) is 13.8. The molecule has 0 unspecified atom stereocenters. The Morgan fingerprint density at radius 3 is 2.52 bits per heavy atom. The van der Waals surface area contributed by atoms with E-state index in [0.29, 0.717) is 17.0 Å². The van der Waals surface area contributed by atoms with Gasteiger partial charge in [-0.3, -0.25) is 0 Å². The maximum absolute atomic E-state index is 14.2. The standard InChI is InChI=1S/C22H16F5NS/c23-17-8-9-20(24)19(13-17)15-7-6-14-3-2-10-28(21(14)11-15)29-18-5-1-4-16(12-18)22(25,26)27/h1,4-9,11-13H,2-3,10H2. The van der Waals surface area contributed by atoms with Crippen molar-refractivity contribution in [3.8, 4) is 11.1 Å². The first-order valence-electron chi connectivity index (χ1n) is 9.02. The fraction of sp³-hybridized carbons (Fsp3) is 0.182. The highest BCUT2D eigenvalue weighted by molar-refractivity contribution is 8.00. The lowest BCUT2D eigenvalue weighted by atomic mass is 9.97. The van der Waals surface area contributed by atoms with Crippen LogP contribution >= 0.6 is 11.9 Å². The number of hydrogen-bond donors (Lipinski definition) is 0. The minimum Gasteiger partial charge on any atom is -0.312 e. The average Bonchev–Trinajstić information content (AvgIpc) is 2.69. The Morgan fingerprint density at radius 2 is 1.72 bits per heavy atom. The van der Waals surface area contributed by atoms with Crippen LogP contribution in [-0.2, 0) is 12.6 Å². The minimum atomic E-state index is -4.40. The summed E-state index contributed by atoms with van der Waals surface area (Å²) in [5, 5.41) is 0. The summed E-state index contributed by atoms with van der Waals surface area (Å²) < 4.78 is 68.7. The molecule has 1 aliphatic rings. The molecule has 0 saturated carbocycles. The smallest absolute Gasteiger partial charge is 0.312 e. The first-order valence-corrected chi connectivity index (χ1v) is 9.80. The van der Waals surface area contributed by atoms with Crippen molar-refractivity contribution in [1.29, 1.82) is 0 Å². The number of benzene rings is 3. The first kappa shape index (κ1) is 19.8. The topological polar surface area (TPSA) is 3.24 Å². The molecular formula is C22H16F5NS. The van der Waals surface area contributed by atoms with E-state index in [1.807, 2.05) is 10.4 Å². The average molecular weight is 421 g/mol. The van der Waals surface area contributed by atoms with Crippen LogP contribution in [0.4, 0.5) is 27.6 Å². The van der Waals surface area contributed by atoms with Crippen LogP contribution in [0.3, 0.4) is 0 Å². The van der Waals surface area contributed by atoms with Gasteiger partial charge < -0.3 is 4.31 Å². The lowest BCUT2D eigenvalue weighted by molar-refractivity contribution is -0.137. The summed E-state index contributed by atoms with van der Waals surface area (Å²) >= 11 is 1.21. The Morgan fingerprint density at radius 1 is 0.897 bits per heavy atom. The second-order valence-electron chi connectivity index (χ2n) is 6.79. The molecule has 0 fully saturated rings. The van der Waals surface area contributed by atoms with Gasteiger partial charge in [-0.2, -0.15) is 13.2 Å². The molecule has 150 valence electrons. The highest BCUT2D eigenvalue weighted by atomic mass is 32.2. The summed E-state index contributed by atoms with van der Waals surface area (Å²) in [4.78, 5) is 0.468. The van der Waals surface area contributed by atoms with Gasteiger partial charge in [-0.15, -0.1) is 0 Å². The lowest BCUT2D eigenvalue weighted by Crippen LogP contribution is -2.22. The van der Waals surface area contributed by atoms with E-state index in [9.17, 15) is 22.0 Å². The third-order valence-electron chi connectivity index (χ3n) is 4.78. The van der Waals surface area contributed by atoms with Crippen molar-refractivity contribution >= 4 is 17.6 Å². The molecule has 4 rings (SSSR count). The van der Waals surface area contributed by atoms with Gasteiger partial charge in [-0.1, -0.05) is 18.2 Å². The summed E-state index contributed by atoms with van der Waals surface area (Å²) in [6.45, 7) is 0.642. The van der Waals surface area contributed by atoms with E-state index >= 15 is 0 Å². The molecule has 0 radical (unpaired) electrons. The van der Waals surface area contributed by atoms with Crippen molar-refractivity contribution in [3.05, 3.63) is 83.4 Å². The predicted molar refractivity (Wildman–Crippen MR) is 105 cm³/mol. The van der Waals surface area contributed by atoms with Gasteiger partial charge in [0.25, 0.3) is 0 Å². The van der Waals surface area contributed by atoms with E-state index < -0.39 is 23.4 Å². The van der Waals surface area contributed by atoms with E-state index in [-0.39, 0.29) is 5.56 Å². The third kappa shape index (κ3) is 4.24. The third-order valence-corrected chi connectivity index (χ3v) is 5.84. The van der Waals surface area contributed by atoms with E-state index in [1.165, 1.54) is 18.0 Å². The van der Waals surface area contributed by atoms with E-state index in [2.05, 4.69) is 0 Å². The summed E-state index contributed by atoms with van der Waals surface area (Å²) in [5.74, 6) is -1.06. The van der Waals surface area contributed by atoms with Crippen LogP contribution in [-0.4, -0.2) is 6.54 Å². The van der Waals surface area contributed by atoms with Crippen LogP contribution in [0.15, 0.2) is 65.6 Å². The lowest BCUT2D eigenvalue weighted by Gasteiger charge is -2.30. The molecule has 0 bridgehead atoms. The van der Waals surface area contributed by atoms with Gasteiger partial charge in [0.1, 0.15) is 11.6 Å². The molecule has 3 aromatic rings. The SMILES string of the molecule is Fc1ccc(F)c(-c2ccc3c(c2)N(Sc2cccc(C(F)(F)F)c2)CCC3)c1. The Labute approximate surface area is 169 Å². The molecule has 0 aromatic heterocycles. The Kier molecular flexibility index (Phi) is 5.25. The molecule has 29 heavy (non-hydrogen) atoms. The molecule has 0 N–H and O–H groups in total. The Balaban J connectivity index is 1.68. The fourth-order valence-electron chi connectivity index (χ4n) is 3.38. The molecule has 7 heteroatoms. The fourth-order valence-corrected chi connectivity index (χ4v) is 4.44. The van der Waals surface area contributed by atoms with Crippen molar-refractivity contribution in [3.63, 3.8) is 0 Å². The molecule has 0 spiro atoms. The number of alkyl halides is 3. The van der Waals surface area contributed by atoms with Crippen molar-refractivity contribution in [1.82, 2.24) is 0 Å². The summed E-state index contributed by atoms with van der Waals surface area (Å²) in [5.41, 5.74) is 1.81. The van der Waals surface area contributed by atoms with Gasteiger partial charge in [-0.05, 0) is 78.4 Å². The maximum Gasteiger partial charge on any atom is 0.416 e. The normalized spacial score (nSPS) is 14.0. The van der Waals surface area contributed by atoms with E-state index in [4.69, 9.17) is 0 Å². The van der Waals surface area contributed by atoms with Crippen LogP contribution in [0, 0.1) is 11.6 Å². The molecule has 1 heterocycles. The van der Waals surface area contributed by atoms with Crippen LogP contribution in [0.1, 0.15) is 17.5 Å². The van der Waals surface area contributed by atoms with Crippen LogP contribution < -0.4 is 4.31 Å². The van der Waals surface area contributed by atoms with Crippen molar-refractivity contribution in [2.45, 2.75) is 23.9 Å². The van der Waals surface area contributed by atoms with Crippen molar-refractivity contribution in [2.24, 2.45) is 0 Å². The number of anilines is 1. The predicted octanol–water partition coefficient (Wildman–Crippen LogP) is 7.11. The number of nitrogens with zero attached hydrogens (tertiary/aromatic N) is 1. The molecule has 0 aliphatic carbocycles. The zero-order chi connectivity index (χ0) is 20.6. The van der Waals surface area contributed by atoms with Crippen LogP contribution in [0.2, 0.25) is 0 Å². The Bertz CT molecular complexity index is 1050. The quantitative estimate of drug-likeness (QED) is 0.327. The van der Waals surface area contributed by atoms with E-state index in [0.717, 1.165) is 54.4 Å². The zero-order valence-corrected chi connectivity index (χ0v) is 16.0. The van der Waals surface area contributed by atoms with Crippen LogP contribution in [0.25, 0.3) is 11.1 Å². The molecule has 1 aliphatic heterocycles. The summed E-state index contributed by atoms with van der Waals surface area (Å²) in [6, 6.07) is 13.8. The van der Waals surface area contributed by atoms with E-state index in [1.54, 1.807) is 18.2 Å². The highest BCUT2D eigenvalue weighted by Gasteiger charge is 2.30. The zero-order valence-electron chi connectivity index (χ0n) is 15.1. The van der Waals surface area contributed by atoms with Gasteiger partial charge in [0.05, 0.1) is 11.3 Å². The Hall–Kier alpha value is -2.54. The second kappa shape index (κ2) is 7.71. The number of halogens is 5. The highest BCUT2D eigenvalue weighted by Crippen LogP contribution is 2.40.